The number of aryl methyl sites for hydroxylation is 4. The smallest absolute Gasteiger partial charge is 0.255 e. The van der Waals surface area contributed by atoms with Crippen molar-refractivity contribution in [3.8, 4) is 0 Å². The maximum Gasteiger partial charge on any atom is 0.255 e. The Labute approximate surface area is 119 Å². The molecule has 2 rings (SSSR count). The molecule has 0 bridgehead atoms. The molecular formula is C17H20N2O. The van der Waals surface area contributed by atoms with Crippen LogP contribution in [0.1, 0.15) is 32.6 Å². The Balaban J connectivity index is 2.30. The number of hydrogen-bond acceptors (Lipinski definition) is 2. The van der Waals surface area contributed by atoms with Crippen molar-refractivity contribution in [2.75, 3.05) is 11.1 Å². The summed E-state index contributed by atoms with van der Waals surface area (Å²) in [7, 11) is 0. The zero-order valence-electron chi connectivity index (χ0n) is 12.4. The van der Waals surface area contributed by atoms with Crippen LogP contribution in [-0.4, -0.2) is 5.91 Å². The van der Waals surface area contributed by atoms with Crippen LogP contribution in [0.5, 0.6) is 0 Å². The van der Waals surface area contributed by atoms with Crippen LogP contribution < -0.4 is 11.1 Å². The number of nitrogens with one attached hydrogen (secondary N) is 1. The minimum atomic E-state index is -0.103. The van der Waals surface area contributed by atoms with E-state index >= 15 is 0 Å². The number of nitrogen functional groups attached to an aromatic ring is 1. The molecule has 0 heterocycles. The zero-order chi connectivity index (χ0) is 14.9. The lowest BCUT2D eigenvalue weighted by Gasteiger charge is -2.12. The highest BCUT2D eigenvalue weighted by Gasteiger charge is 2.11. The van der Waals surface area contributed by atoms with Gasteiger partial charge in [0.2, 0.25) is 0 Å². The summed E-state index contributed by atoms with van der Waals surface area (Å²) in [5.41, 5.74) is 12.2. The first-order chi connectivity index (χ1) is 9.38. The van der Waals surface area contributed by atoms with Crippen molar-refractivity contribution >= 4 is 17.3 Å². The first-order valence-corrected chi connectivity index (χ1v) is 6.64. The summed E-state index contributed by atoms with van der Waals surface area (Å²) in [5.74, 6) is -0.103. The van der Waals surface area contributed by atoms with Crippen LogP contribution in [0.4, 0.5) is 11.4 Å². The molecule has 20 heavy (non-hydrogen) atoms. The van der Waals surface area contributed by atoms with E-state index in [-0.39, 0.29) is 5.91 Å². The van der Waals surface area contributed by atoms with Crippen molar-refractivity contribution < 1.29 is 4.79 Å². The Kier molecular flexibility index (Phi) is 3.79. The van der Waals surface area contributed by atoms with Gasteiger partial charge in [0.15, 0.2) is 0 Å². The number of hydrogen-bond donors (Lipinski definition) is 2. The normalized spacial score (nSPS) is 10.4. The van der Waals surface area contributed by atoms with Crippen LogP contribution in [0.2, 0.25) is 0 Å². The highest BCUT2D eigenvalue weighted by Crippen LogP contribution is 2.23. The molecule has 0 spiro atoms. The van der Waals surface area contributed by atoms with Gasteiger partial charge in [-0.15, -0.1) is 0 Å². The minimum absolute atomic E-state index is 0.103. The van der Waals surface area contributed by atoms with Gasteiger partial charge in [-0.1, -0.05) is 23.8 Å². The molecule has 0 unspecified atom stereocenters. The monoisotopic (exact) mass is 268 g/mol. The van der Waals surface area contributed by atoms with E-state index in [1.54, 1.807) is 0 Å². The largest absolute Gasteiger partial charge is 0.398 e. The number of rotatable bonds is 2. The third-order valence-electron chi connectivity index (χ3n) is 3.49. The lowest BCUT2D eigenvalue weighted by molar-refractivity contribution is 0.102. The summed E-state index contributed by atoms with van der Waals surface area (Å²) >= 11 is 0. The molecule has 2 aromatic rings. The Morgan fingerprint density at radius 1 is 0.950 bits per heavy atom. The van der Waals surface area contributed by atoms with Gasteiger partial charge in [0, 0.05) is 16.9 Å². The number of amides is 1. The average Bonchev–Trinajstić information content (AvgIpc) is 2.35. The molecule has 0 saturated heterocycles. The number of anilines is 2. The van der Waals surface area contributed by atoms with Gasteiger partial charge in [0.25, 0.3) is 5.91 Å². The van der Waals surface area contributed by atoms with E-state index < -0.39 is 0 Å². The van der Waals surface area contributed by atoms with Crippen molar-refractivity contribution in [2.45, 2.75) is 27.7 Å². The molecule has 3 N–H and O–H groups in total. The van der Waals surface area contributed by atoms with Crippen LogP contribution >= 0.6 is 0 Å². The molecule has 3 nitrogen and oxygen atoms in total. The standard InChI is InChI=1S/C17H20N2O/c1-10-5-6-14(11(2)7-10)17(20)19-16-9-15(18)12(3)8-13(16)4/h5-9H,18H2,1-4H3,(H,19,20). The highest BCUT2D eigenvalue weighted by atomic mass is 16.1. The van der Waals surface area contributed by atoms with E-state index in [0.29, 0.717) is 11.3 Å². The molecule has 0 fully saturated rings. The maximum atomic E-state index is 12.3. The van der Waals surface area contributed by atoms with Gasteiger partial charge in [-0.3, -0.25) is 4.79 Å². The molecule has 0 atom stereocenters. The molecule has 104 valence electrons. The molecule has 3 heteroatoms. The second-order valence-electron chi connectivity index (χ2n) is 5.30. The van der Waals surface area contributed by atoms with Gasteiger partial charge >= 0.3 is 0 Å². The molecule has 2 aromatic carbocycles. The summed E-state index contributed by atoms with van der Waals surface area (Å²) in [6.45, 7) is 7.87. The van der Waals surface area contributed by atoms with Gasteiger partial charge in [-0.05, 0) is 56.5 Å². The first-order valence-electron chi connectivity index (χ1n) is 6.64. The van der Waals surface area contributed by atoms with Crippen molar-refractivity contribution in [2.24, 2.45) is 0 Å². The molecule has 0 aliphatic heterocycles. The third-order valence-corrected chi connectivity index (χ3v) is 3.49. The van der Waals surface area contributed by atoms with Crippen LogP contribution in [0.25, 0.3) is 0 Å². The molecule has 1 amide bonds. The fraction of sp³-hybridized carbons (Fsp3) is 0.235. The number of nitrogens with two attached hydrogens (primary N) is 1. The van der Waals surface area contributed by atoms with Crippen molar-refractivity contribution in [3.05, 3.63) is 58.1 Å². The van der Waals surface area contributed by atoms with Crippen molar-refractivity contribution in [3.63, 3.8) is 0 Å². The summed E-state index contributed by atoms with van der Waals surface area (Å²) in [6.07, 6.45) is 0. The molecule has 0 radical (unpaired) electrons. The van der Waals surface area contributed by atoms with Crippen molar-refractivity contribution in [1.82, 2.24) is 0 Å². The van der Waals surface area contributed by atoms with E-state index in [1.165, 1.54) is 0 Å². The van der Waals surface area contributed by atoms with E-state index in [4.69, 9.17) is 5.73 Å². The molecular weight excluding hydrogens is 248 g/mol. The first kappa shape index (κ1) is 14.1. The van der Waals surface area contributed by atoms with Crippen molar-refractivity contribution in [1.29, 1.82) is 0 Å². The summed E-state index contributed by atoms with van der Waals surface area (Å²) in [4.78, 5) is 12.3. The van der Waals surface area contributed by atoms with Crippen LogP contribution in [0, 0.1) is 27.7 Å². The Bertz CT molecular complexity index is 675. The minimum Gasteiger partial charge on any atom is -0.398 e. The second-order valence-corrected chi connectivity index (χ2v) is 5.30. The number of carbonyl (C=O) groups excluding carboxylic acids is 1. The fourth-order valence-corrected chi connectivity index (χ4v) is 2.26. The predicted molar refractivity (Wildman–Crippen MR) is 84.2 cm³/mol. The van der Waals surface area contributed by atoms with Crippen LogP contribution in [0.3, 0.4) is 0 Å². The zero-order valence-corrected chi connectivity index (χ0v) is 12.4. The van der Waals surface area contributed by atoms with Gasteiger partial charge in [-0.25, -0.2) is 0 Å². The lowest BCUT2D eigenvalue weighted by atomic mass is 10.0. The van der Waals surface area contributed by atoms with E-state index in [1.807, 2.05) is 58.0 Å². The third kappa shape index (κ3) is 2.82. The molecule has 0 aliphatic rings. The second kappa shape index (κ2) is 5.37. The lowest BCUT2D eigenvalue weighted by Crippen LogP contribution is -2.14. The maximum absolute atomic E-state index is 12.3. The van der Waals surface area contributed by atoms with Crippen LogP contribution in [-0.2, 0) is 0 Å². The molecule has 0 aliphatic carbocycles. The Morgan fingerprint density at radius 2 is 1.65 bits per heavy atom. The predicted octanol–water partition coefficient (Wildman–Crippen LogP) is 3.75. The van der Waals surface area contributed by atoms with Gasteiger partial charge in [0.1, 0.15) is 0 Å². The number of benzene rings is 2. The SMILES string of the molecule is Cc1ccc(C(=O)Nc2cc(N)c(C)cc2C)c(C)c1. The molecule has 0 saturated carbocycles. The Morgan fingerprint density at radius 3 is 2.30 bits per heavy atom. The Hall–Kier alpha value is -2.29. The van der Waals surface area contributed by atoms with Crippen LogP contribution in [0.15, 0.2) is 30.3 Å². The highest BCUT2D eigenvalue weighted by molar-refractivity contribution is 6.05. The summed E-state index contributed by atoms with van der Waals surface area (Å²) in [6, 6.07) is 9.59. The van der Waals surface area contributed by atoms with E-state index in [2.05, 4.69) is 5.32 Å². The van der Waals surface area contributed by atoms with Gasteiger partial charge < -0.3 is 11.1 Å². The summed E-state index contributed by atoms with van der Waals surface area (Å²) < 4.78 is 0. The average molecular weight is 268 g/mol. The number of carbonyl (C=O) groups is 1. The van der Waals surface area contributed by atoms with E-state index in [9.17, 15) is 4.79 Å². The summed E-state index contributed by atoms with van der Waals surface area (Å²) in [5, 5.41) is 2.94. The quantitative estimate of drug-likeness (QED) is 0.815. The topological polar surface area (TPSA) is 55.1 Å². The molecule has 0 aromatic heterocycles. The van der Waals surface area contributed by atoms with Gasteiger partial charge in [0.05, 0.1) is 0 Å². The van der Waals surface area contributed by atoms with Gasteiger partial charge in [-0.2, -0.15) is 0 Å². The van der Waals surface area contributed by atoms with E-state index in [0.717, 1.165) is 27.9 Å². The fourth-order valence-electron chi connectivity index (χ4n) is 2.26.